The molecule has 10 atom stereocenters. The molecule has 2 N–H and O–H groups in total. The molecule has 46 heavy (non-hydrogen) atoms. The number of hydrogen-bond acceptors (Lipinski definition) is 5. The van der Waals surface area contributed by atoms with Crippen LogP contribution in [0, 0.1) is 56.7 Å². The molecule has 5 saturated carbocycles. The minimum Gasteiger partial charge on any atom is -0.393 e. The standard InChI is InChI=1S/C39H69N3O3S/c1-28(2)29-12-17-39(20-22-40-21-9-23-41-24-26-42(27-25-41)46(8,44)45)19-18-37(6)30(34(29)39)10-11-32-36(5)15-14-33(43)35(3,4)31(36)13-16-38(32,37)7/h29-34,40,43H,1,9-27H2,2-8H3/t29-,30+,31-,32+,33-,34+,36-,37+,38+,39+/m0/s1. The van der Waals surface area contributed by atoms with Gasteiger partial charge in [-0.15, -0.1) is 0 Å². The number of hydrogen-bond donors (Lipinski definition) is 2. The van der Waals surface area contributed by atoms with Crippen LogP contribution in [0.2, 0.25) is 0 Å². The largest absolute Gasteiger partial charge is 0.393 e. The third-order valence-corrected chi connectivity index (χ3v) is 17.9. The van der Waals surface area contributed by atoms with Crippen molar-refractivity contribution in [2.45, 2.75) is 125 Å². The van der Waals surface area contributed by atoms with Crippen LogP contribution in [-0.2, 0) is 10.0 Å². The molecule has 6 fully saturated rings. The number of allylic oxidation sites excluding steroid dienone is 1. The molecule has 0 aromatic rings. The average Bonchev–Trinajstić information content (AvgIpc) is 3.37. The highest BCUT2D eigenvalue weighted by Gasteiger charge is 2.70. The van der Waals surface area contributed by atoms with Crippen molar-refractivity contribution < 1.29 is 13.5 Å². The summed E-state index contributed by atoms with van der Waals surface area (Å²) in [5.41, 5.74) is 3.00. The third kappa shape index (κ3) is 5.60. The van der Waals surface area contributed by atoms with Gasteiger partial charge in [-0.3, -0.25) is 0 Å². The summed E-state index contributed by atoms with van der Waals surface area (Å²) in [6, 6.07) is 0. The Labute approximate surface area is 283 Å². The van der Waals surface area contributed by atoms with E-state index >= 15 is 0 Å². The SMILES string of the molecule is C=C(C)[C@@H]1CC[C@]2(CCNCCCN3CCN(S(C)(=O)=O)CC3)CC[C@]3(C)[C@H](CC[C@@H]4[C@@]5(C)CC[C@H](O)C(C)(C)[C@@H]5CC[C@]43C)[C@@H]12. The quantitative estimate of drug-likeness (QED) is 0.207. The molecule has 0 amide bonds. The van der Waals surface area contributed by atoms with Crippen LogP contribution in [0.15, 0.2) is 12.2 Å². The molecular weight excluding hydrogens is 591 g/mol. The fourth-order valence-corrected chi connectivity index (χ4v) is 14.7. The fourth-order valence-electron chi connectivity index (χ4n) is 13.9. The smallest absolute Gasteiger partial charge is 0.211 e. The lowest BCUT2D eigenvalue weighted by Crippen LogP contribution is -2.66. The first kappa shape index (κ1) is 35.4. The molecule has 6 aliphatic rings. The molecule has 0 aromatic heterocycles. The summed E-state index contributed by atoms with van der Waals surface area (Å²) in [6.07, 6.45) is 16.6. The minimum absolute atomic E-state index is 0.0184. The van der Waals surface area contributed by atoms with Crippen molar-refractivity contribution in [1.29, 1.82) is 0 Å². The zero-order valence-corrected chi connectivity index (χ0v) is 31.5. The van der Waals surface area contributed by atoms with Gasteiger partial charge in [-0.2, -0.15) is 4.31 Å². The zero-order valence-electron chi connectivity index (χ0n) is 30.7. The predicted octanol–water partition coefficient (Wildman–Crippen LogP) is 6.95. The Hall–Kier alpha value is -0.470. The molecule has 0 aromatic carbocycles. The summed E-state index contributed by atoms with van der Waals surface area (Å²) >= 11 is 0. The molecule has 6 nitrogen and oxygen atoms in total. The van der Waals surface area contributed by atoms with Gasteiger partial charge >= 0.3 is 0 Å². The number of aliphatic hydroxyl groups excluding tert-OH is 1. The van der Waals surface area contributed by atoms with Gasteiger partial charge in [0.2, 0.25) is 10.0 Å². The topological polar surface area (TPSA) is 72.9 Å². The number of nitrogens with zero attached hydrogens (tertiary/aromatic N) is 2. The van der Waals surface area contributed by atoms with E-state index in [0.29, 0.717) is 46.6 Å². The molecular formula is C39H69N3O3S. The fraction of sp³-hybridized carbons (Fsp3) is 0.949. The number of nitrogens with one attached hydrogen (secondary N) is 1. The van der Waals surface area contributed by atoms with Crippen LogP contribution in [0.5, 0.6) is 0 Å². The minimum atomic E-state index is -3.06. The molecule has 1 heterocycles. The van der Waals surface area contributed by atoms with Gasteiger partial charge in [0.1, 0.15) is 0 Å². The Bertz CT molecular complexity index is 1240. The highest BCUT2D eigenvalue weighted by atomic mass is 32.2. The van der Waals surface area contributed by atoms with E-state index in [0.717, 1.165) is 63.3 Å². The number of piperazine rings is 1. The second kappa shape index (κ2) is 12.4. The van der Waals surface area contributed by atoms with E-state index in [1.165, 1.54) is 76.0 Å². The van der Waals surface area contributed by atoms with E-state index in [1.54, 1.807) is 4.31 Å². The van der Waals surface area contributed by atoms with Crippen LogP contribution in [0.3, 0.4) is 0 Å². The van der Waals surface area contributed by atoms with Gasteiger partial charge in [-0.1, -0.05) is 46.8 Å². The van der Waals surface area contributed by atoms with Crippen molar-refractivity contribution in [3.63, 3.8) is 0 Å². The van der Waals surface area contributed by atoms with Crippen molar-refractivity contribution in [1.82, 2.24) is 14.5 Å². The van der Waals surface area contributed by atoms with Crippen molar-refractivity contribution in [3.8, 4) is 0 Å². The summed E-state index contributed by atoms with van der Waals surface area (Å²) in [5.74, 6) is 3.62. The molecule has 0 unspecified atom stereocenters. The van der Waals surface area contributed by atoms with Crippen molar-refractivity contribution in [2.75, 3.05) is 52.1 Å². The second-order valence-corrected chi connectivity index (χ2v) is 20.8. The van der Waals surface area contributed by atoms with Crippen molar-refractivity contribution >= 4 is 10.0 Å². The Kier molecular flexibility index (Phi) is 9.52. The van der Waals surface area contributed by atoms with Gasteiger partial charge in [0.25, 0.3) is 0 Å². The van der Waals surface area contributed by atoms with Gasteiger partial charge in [0, 0.05) is 26.2 Å². The van der Waals surface area contributed by atoms with Gasteiger partial charge in [-0.05, 0) is 160 Å². The molecule has 0 bridgehead atoms. The normalized spacial score (nSPS) is 46.2. The summed E-state index contributed by atoms with van der Waals surface area (Å²) < 4.78 is 25.3. The Morgan fingerprint density at radius 1 is 0.848 bits per heavy atom. The molecule has 1 aliphatic heterocycles. The highest BCUT2D eigenvalue weighted by Crippen LogP contribution is 2.77. The second-order valence-electron chi connectivity index (χ2n) is 18.8. The van der Waals surface area contributed by atoms with Crippen LogP contribution in [0.4, 0.5) is 0 Å². The van der Waals surface area contributed by atoms with Crippen LogP contribution >= 0.6 is 0 Å². The molecule has 5 aliphatic carbocycles. The van der Waals surface area contributed by atoms with E-state index < -0.39 is 10.0 Å². The van der Waals surface area contributed by atoms with Gasteiger partial charge in [0.15, 0.2) is 0 Å². The van der Waals surface area contributed by atoms with E-state index in [9.17, 15) is 13.5 Å². The van der Waals surface area contributed by atoms with Crippen LogP contribution in [0.25, 0.3) is 0 Å². The maximum atomic E-state index is 11.8. The average molecular weight is 660 g/mol. The lowest BCUT2D eigenvalue weighted by Gasteiger charge is -2.73. The molecule has 1 saturated heterocycles. The first-order valence-electron chi connectivity index (χ1n) is 19.2. The third-order valence-electron chi connectivity index (χ3n) is 16.6. The van der Waals surface area contributed by atoms with E-state index in [2.05, 4.69) is 58.3 Å². The summed E-state index contributed by atoms with van der Waals surface area (Å²) in [5, 5.41) is 14.9. The molecule has 0 radical (unpaired) electrons. The number of rotatable bonds is 9. The van der Waals surface area contributed by atoms with E-state index in [-0.39, 0.29) is 11.5 Å². The number of sulfonamides is 1. The van der Waals surface area contributed by atoms with Gasteiger partial charge in [-0.25, -0.2) is 8.42 Å². The number of fused-ring (bicyclic) bond motifs is 7. The van der Waals surface area contributed by atoms with Crippen LogP contribution in [-0.4, -0.2) is 80.9 Å². The molecule has 264 valence electrons. The van der Waals surface area contributed by atoms with Crippen LogP contribution in [0.1, 0.15) is 119 Å². The Morgan fingerprint density at radius 2 is 1.57 bits per heavy atom. The van der Waals surface area contributed by atoms with Gasteiger partial charge in [0.05, 0.1) is 12.4 Å². The molecule has 7 heteroatoms. The maximum absolute atomic E-state index is 11.8. The lowest BCUT2D eigenvalue weighted by atomic mass is 9.32. The monoisotopic (exact) mass is 660 g/mol. The molecule has 0 spiro atoms. The Balaban J connectivity index is 1.11. The first-order valence-corrected chi connectivity index (χ1v) is 21.1. The predicted molar refractivity (Wildman–Crippen MR) is 190 cm³/mol. The van der Waals surface area contributed by atoms with Crippen molar-refractivity contribution in [2.24, 2.45) is 56.7 Å². The summed E-state index contributed by atoms with van der Waals surface area (Å²) in [6.45, 7) is 26.0. The van der Waals surface area contributed by atoms with E-state index in [1.807, 2.05) is 0 Å². The van der Waals surface area contributed by atoms with E-state index in [4.69, 9.17) is 0 Å². The highest BCUT2D eigenvalue weighted by molar-refractivity contribution is 7.88. The van der Waals surface area contributed by atoms with Crippen molar-refractivity contribution in [3.05, 3.63) is 12.2 Å². The summed E-state index contributed by atoms with van der Waals surface area (Å²) in [4.78, 5) is 2.43. The van der Waals surface area contributed by atoms with Gasteiger partial charge < -0.3 is 15.3 Å². The van der Waals surface area contributed by atoms with Crippen LogP contribution < -0.4 is 5.32 Å². The summed E-state index contributed by atoms with van der Waals surface area (Å²) in [7, 11) is -3.06. The first-order chi connectivity index (χ1) is 21.5. The molecule has 6 rings (SSSR count). The number of aliphatic hydroxyl groups is 1. The lowest BCUT2D eigenvalue weighted by molar-refractivity contribution is -0.247. The Morgan fingerprint density at radius 3 is 2.24 bits per heavy atom. The zero-order chi connectivity index (χ0) is 33.3. The maximum Gasteiger partial charge on any atom is 0.211 e.